The minimum Gasteiger partial charge on any atom is -0.441 e. The molecule has 53 heavy (non-hydrogen) atoms. The van der Waals surface area contributed by atoms with Gasteiger partial charge in [-0.3, -0.25) is 14.4 Å². The summed E-state index contributed by atoms with van der Waals surface area (Å²) in [5.74, 6) is -0.728. The molecule has 0 bridgehead atoms. The molecule has 0 spiro atoms. The summed E-state index contributed by atoms with van der Waals surface area (Å²) >= 11 is 0. The molecular formula is C32H60N12O9. The van der Waals surface area contributed by atoms with Crippen LogP contribution in [-0.2, 0) is 23.9 Å². The zero-order valence-corrected chi connectivity index (χ0v) is 30.1. The van der Waals surface area contributed by atoms with E-state index in [9.17, 15) is 34.5 Å². The Morgan fingerprint density at radius 2 is 1.51 bits per heavy atom. The lowest BCUT2D eigenvalue weighted by Gasteiger charge is -2.44. The van der Waals surface area contributed by atoms with Crippen LogP contribution in [0.1, 0.15) is 57.8 Å². The Hall–Kier alpha value is -3.83. The fourth-order valence-electron chi connectivity index (χ4n) is 6.41. The minimum absolute atomic E-state index is 0.112. The monoisotopic (exact) mass is 756 g/mol. The molecule has 0 saturated carbocycles. The largest absolute Gasteiger partial charge is 0.441 e. The van der Waals surface area contributed by atoms with Gasteiger partial charge in [0.1, 0.15) is 24.3 Å². The molecule has 21 nitrogen and oxygen atoms in total. The summed E-state index contributed by atoms with van der Waals surface area (Å²) < 4.78 is 10.9. The Bertz CT molecular complexity index is 1260. The first kappa shape index (κ1) is 43.6. The van der Waals surface area contributed by atoms with E-state index in [2.05, 4.69) is 43.5 Å². The van der Waals surface area contributed by atoms with E-state index in [1.165, 1.54) is 0 Å². The van der Waals surface area contributed by atoms with Gasteiger partial charge in [-0.15, -0.1) is 0 Å². The van der Waals surface area contributed by atoms with Crippen LogP contribution in [0.2, 0.25) is 0 Å². The van der Waals surface area contributed by atoms with E-state index in [4.69, 9.17) is 38.1 Å². The number of nitrogens with two attached hydrogens (primary N) is 5. The van der Waals surface area contributed by atoms with Crippen LogP contribution in [0.4, 0.5) is 4.79 Å². The number of aliphatic imine (C=N–C) groups is 1. The molecule has 302 valence electrons. The zero-order chi connectivity index (χ0) is 39.1. The van der Waals surface area contributed by atoms with Crippen molar-refractivity contribution in [2.75, 3.05) is 32.8 Å². The molecule has 3 rings (SSSR count). The van der Waals surface area contributed by atoms with E-state index in [0.29, 0.717) is 57.4 Å². The van der Waals surface area contributed by atoms with Crippen molar-refractivity contribution in [3.05, 3.63) is 12.3 Å². The Labute approximate surface area is 308 Å². The second-order valence-electron chi connectivity index (χ2n) is 13.8. The van der Waals surface area contributed by atoms with Crippen LogP contribution < -0.4 is 60.6 Å². The van der Waals surface area contributed by atoms with Crippen molar-refractivity contribution < 1.29 is 44.0 Å². The van der Waals surface area contributed by atoms with Crippen LogP contribution in [0, 0.1) is 0 Å². The van der Waals surface area contributed by atoms with Gasteiger partial charge in [-0.05, 0) is 45.1 Å². The second-order valence-corrected chi connectivity index (χ2v) is 13.8. The SMILES string of the molecule is C=C1NCC(O)C2NC(NC3OC(CO)C(OC(N)=O)C(O)C3NC(=O)CC(N)CCCNC(=O)CC(N)CCCNC(=O)CC(N)CCCN)=NC12. The van der Waals surface area contributed by atoms with Crippen LogP contribution in [0.5, 0.6) is 0 Å². The van der Waals surface area contributed by atoms with Crippen LogP contribution >= 0.6 is 0 Å². The molecule has 3 aliphatic rings. The highest BCUT2D eigenvalue weighted by atomic mass is 16.6. The number of fused-ring (bicyclic) bond motifs is 1. The maximum atomic E-state index is 13.1. The first-order valence-electron chi connectivity index (χ1n) is 18.1. The average molecular weight is 757 g/mol. The first-order chi connectivity index (χ1) is 25.2. The summed E-state index contributed by atoms with van der Waals surface area (Å²) in [4.78, 5) is 53.5. The third-order valence-corrected chi connectivity index (χ3v) is 9.25. The maximum absolute atomic E-state index is 13.1. The number of primary amides is 1. The highest BCUT2D eigenvalue weighted by Gasteiger charge is 2.49. The topological polar surface area (TPSA) is 362 Å². The van der Waals surface area contributed by atoms with Crippen LogP contribution in [0.15, 0.2) is 17.3 Å². The van der Waals surface area contributed by atoms with Gasteiger partial charge in [-0.2, -0.15) is 0 Å². The molecule has 0 aromatic carbocycles. The average Bonchev–Trinajstić information content (AvgIpc) is 3.53. The maximum Gasteiger partial charge on any atom is 0.404 e. The van der Waals surface area contributed by atoms with E-state index < -0.39 is 73.4 Å². The van der Waals surface area contributed by atoms with Gasteiger partial charge in [0.05, 0.1) is 18.8 Å². The summed E-state index contributed by atoms with van der Waals surface area (Å²) in [6.45, 7) is 4.82. The number of carbonyl (C=O) groups excluding carboxylic acids is 4. The fourth-order valence-corrected chi connectivity index (χ4v) is 6.41. The molecule has 21 heteroatoms. The summed E-state index contributed by atoms with van der Waals surface area (Å²) in [7, 11) is 0. The van der Waals surface area contributed by atoms with Gasteiger partial charge in [0.15, 0.2) is 18.3 Å². The van der Waals surface area contributed by atoms with Crippen molar-refractivity contribution >= 4 is 29.8 Å². The van der Waals surface area contributed by atoms with Gasteiger partial charge in [0.25, 0.3) is 0 Å². The van der Waals surface area contributed by atoms with Gasteiger partial charge in [-0.25, -0.2) is 9.79 Å². The Balaban J connectivity index is 1.42. The molecule has 4 amide bonds. The van der Waals surface area contributed by atoms with E-state index in [1.54, 1.807) is 0 Å². The normalized spacial score (nSPS) is 28.2. The molecule has 3 heterocycles. The molecule has 0 aromatic rings. The number of guanidine groups is 1. The first-order valence-corrected chi connectivity index (χ1v) is 18.1. The molecule has 11 unspecified atom stereocenters. The molecule has 19 N–H and O–H groups in total. The molecular weight excluding hydrogens is 696 g/mol. The van der Waals surface area contributed by atoms with Crippen molar-refractivity contribution in [3.8, 4) is 0 Å². The second kappa shape index (κ2) is 21.8. The lowest BCUT2D eigenvalue weighted by molar-refractivity contribution is -0.198. The predicted octanol–water partition coefficient (Wildman–Crippen LogP) is -5.54. The number of amides is 4. The lowest BCUT2D eigenvalue weighted by Crippen LogP contribution is -2.69. The molecule has 3 aliphatic heterocycles. The number of nitrogens with one attached hydrogen (secondary N) is 6. The standard InChI is InChI=1S/C32H60N12O9/c1-16-25-26(20(46)14-40-16)43-32(42-25)44-30-27(28(50)29(53-31(37)51)21(15-45)52-30)41-24(49)13-19(36)7-4-10-39-23(48)12-18(35)6-3-9-38-22(47)11-17(34)5-2-8-33/h17-21,25-30,40,45-46,50H,1-15,33-36H2,(H2,37,51)(H,38,47)(H,39,48)(H,41,49)(H2,42,43,44). The number of aliphatic hydroxyl groups is 3. The van der Waals surface area contributed by atoms with Crippen molar-refractivity contribution in [1.82, 2.24) is 31.9 Å². The van der Waals surface area contributed by atoms with E-state index in [1.807, 2.05) is 0 Å². The third-order valence-electron chi connectivity index (χ3n) is 9.25. The quantitative estimate of drug-likeness (QED) is 0.0486. The number of piperidine rings is 1. The summed E-state index contributed by atoms with van der Waals surface area (Å²) in [6, 6.07) is -3.44. The van der Waals surface area contributed by atoms with Gasteiger partial charge >= 0.3 is 6.09 Å². The van der Waals surface area contributed by atoms with E-state index >= 15 is 0 Å². The van der Waals surface area contributed by atoms with Crippen LogP contribution in [-0.4, -0.2) is 145 Å². The third kappa shape index (κ3) is 14.2. The lowest BCUT2D eigenvalue weighted by atomic mass is 9.95. The summed E-state index contributed by atoms with van der Waals surface area (Å²) in [6.07, 6.45) is -3.74. The number of carbonyl (C=O) groups is 4. The van der Waals surface area contributed by atoms with Crippen molar-refractivity contribution in [3.63, 3.8) is 0 Å². The number of ether oxygens (including phenoxy) is 2. The number of hydrogen-bond acceptors (Lipinski definition) is 17. The van der Waals surface area contributed by atoms with Crippen LogP contribution in [0.25, 0.3) is 0 Å². The van der Waals surface area contributed by atoms with Crippen molar-refractivity contribution in [1.29, 1.82) is 0 Å². The minimum atomic E-state index is -1.58. The Morgan fingerprint density at radius 3 is 2.04 bits per heavy atom. The molecule has 0 radical (unpaired) electrons. The van der Waals surface area contributed by atoms with Gasteiger partial charge < -0.3 is 85.4 Å². The predicted molar refractivity (Wildman–Crippen MR) is 193 cm³/mol. The number of nitrogens with zero attached hydrogens (tertiary/aromatic N) is 1. The Morgan fingerprint density at radius 1 is 0.943 bits per heavy atom. The zero-order valence-electron chi connectivity index (χ0n) is 30.1. The highest BCUT2D eigenvalue weighted by Crippen LogP contribution is 2.25. The van der Waals surface area contributed by atoms with Crippen molar-refractivity contribution in [2.45, 2.75) is 125 Å². The van der Waals surface area contributed by atoms with Gasteiger partial charge in [0, 0.05) is 62.7 Å². The summed E-state index contributed by atoms with van der Waals surface area (Å²) in [5, 5.41) is 48.8. The number of rotatable bonds is 21. The molecule has 2 fully saturated rings. The molecule has 2 saturated heterocycles. The van der Waals surface area contributed by atoms with E-state index in [0.717, 1.165) is 6.42 Å². The Kier molecular flexibility index (Phi) is 17.9. The van der Waals surface area contributed by atoms with E-state index in [-0.39, 0.29) is 55.7 Å². The van der Waals surface area contributed by atoms with Gasteiger partial charge in [0.2, 0.25) is 17.7 Å². The summed E-state index contributed by atoms with van der Waals surface area (Å²) in [5.41, 5.74) is 29.5. The van der Waals surface area contributed by atoms with Gasteiger partial charge in [-0.1, -0.05) is 6.58 Å². The highest BCUT2D eigenvalue weighted by molar-refractivity contribution is 5.83. The number of hydrogen-bond donors (Lipinski definition) is 14. The molecule has 0 aliphatic carbocycles. The number of aliphatic hydroxyl groups excluding tert-OH is 3. The van der Waals surface area contributed by atoms with Crippen LogP contribution in [0.3, 0.4) is 0 Å². The smallest absolute Gasteiger partial charge is 0.404 e. The fraction of sp³-hybridized carbons (Fsp3) is 0.781. The van der Waals surface area contributed by atoms with Crippen molar-refractivity contribution in [2.24, 2.45) is 33.7 Å². The molecule has 11 atom stereocenters. The molecule has 0 aromatic heterocycles. The number of β-amino-alcohol motifs (C(OH)–C–C–N with tert-alkyl or cyclic N) is 1.